The average Bonchev–Trinajstić information content (AvgIpc) is 2.02. The Bertz CT molecular complexity index is 189. The fourth-order valence-corrected chi connectivity index (χ4v) is 1.66. The standard InChI is InChI=1S/C13H28OS/c1-8-9-10-14-12(4,5)11(2,3)13(6,7)15/h15H,8-10H2,1-7H3. The maximum absolute atomic E-state index is 6.01. The van der Waals surface area contributed by atoms with Crippen LogP contribution in [0, 0.1) is 5.41 Å². The van der Waals surface area contributed by atoms with Crippen molar-refractivity contribution in [1.82, 2.24) is 0 Å². The van der Waals surface area contributed by atoms with E-state index in [1.54, 1.807) is 0 Å². The fraction of sp³-hybridized carbons (Fsp3) is 1.00. The summed E-state index contributed by atoms with van der Waals surface area (Å²) < 4.78 is 5.96. The average molecular weight is 232 g/mol. The Morgan fingerprint density at radius 2 is 1.47 bits per heavy atom. The van der Waals surface area contributed by atoms with Gasteiger partial charge in [-0.3, -0.25) is 0 Å². The normalized spacial score (nSPS) is 14.4. The zero-order chi connectivity index (χ0) is 12.3. The Hall–Kier alpha value is 0.310. The number of unbranched alkanes of at least 4 members (excludes halogenated alkanes) is 1. The molecule has 0 radical (unpaired) electrons. The van der Waals surface area contributed by atoms with Crippen molar-refractivity contribution >= 4 is 12.6 Å². The zero-order valence-electron chi connectivity index (χ0n) is 11.5. The summed E-state index contributed by atoms with van der Waals surface area (Å²) in [7, 11) is 0. The van der Waals surface area contributed by atoms with Gasteiger partial charge in [0.05, 0.1) is 5.60 Å². The van der Waals surface area contributed by atoms with E-state index >= 15 is 0 Å². The summed E-state index contributed by atoms with van der Waals surface area (Å²) in [5, 5.41) is 0. The van der Waals surface area contributed by atoms with E-state index in [-0.39, 0.29) is 15.8 Å². The highest BCUT2D eigenvalue weighted by Crippen LogP contribution is 2.46. The first-order chi connectivity index (χ1) is 6.56. The molecule has 0 aromatic carbocycles. The van der Waals surface area contributed by atoms with Crippen molar-refractivity contribution in [2.24, 2.45) is 5.41 Å². The first-order valence-corrected chi connectivity index (χ1v) is 6.37. The van der Waals surface area contributed by atoms with E-state index in [4.69, 9.17) is 17.4 Å². The first-order valence-electron chi connectivity index (χ1n) is 5.92. The molecule has 0 aromatic heterocycles. The molecule has 0 spiro atoms. The monoisotopic (exact) mass is 232 g/mol. The summed E-state index contributed by atoms with van der Waals surface area (Å²) in [6.45, 7) is 16.1. The summed E-state index contributed by atoms with van der Waals surface area (Å²) in [5.74, 6) is 0. The van der Waals surface area contributed by atoms with Crippen LogP contribution in [0.2, 0.25) is 0 Å². The Morgan fingerprint density at radius 3 is 1.80 bits per heavy atom. The van der Waals surface area contributed by atoms with Crippen LogP contribution < -0.4 is 0 Å². The van der Waals surface area contributed by atoms with Gasteiger partial charge in [-0.15, -0.1) is 0 Å². The van der Waals surface area contributed by atoms with Crippen molar-refractivity contribution in [3.8, 4) is 0 Å². The second kappa shape index (κ2) is 5.09. The van der Waals surface area contributed by atoms with Crippen LogP contribution in [0.25, 0.3) is 0 Å². The van der Waals surface area contributed by atoms with Gasteiger partial charge in [-0.05, 0) is 20.3 Å². The minimum absolute atomic E-state index is 0.0247. The van der Waals surface area contributed by atoms with Crippen molar-refractivity contribution in [3.05, 3.63) is 0 Å². The lowest BCUT2D eigenvalue weighted by Gasteiger charge is -2.49. The molecular weight excluding hydrogens is 204 g/mol. The third-order valence-corrected chi connectivity index (χ3v) is 4.55. The molecule has 0 saturated heterocycles. The molecule has 15 heavy (non-hydrogen) atoms. The van der Waals surface area contributed by atoms with Gasteiger partial charge < -0.3 is 4.74 Å². The van der Waals surface area contributed by atoms with Gasteiger partial charge >= 0.3 is 0 Å². The first kappa shape index (κ1) is 15.3. The van der Waals surface area contributed by atoms with Crippen molar-refractivity contribution in [2.45, 2.75) is 71.7 Å². The number of rotatable bonds is 6. The summed E-state index contributed by atoms with van der Waals surface area (Å²) in [6.07, 6.45) is 2.31. The number of hydrogen-bond acceptors (Lipinski definition) is 2. The van der Waals surface area contributed by atoms with E-state index < -0.39 is 0 Å². The molecule has 0 saturated carbocycles. The molecule has 0 bridgehead atoms. The van der Waals surface area contributed by atoms with Crippen molar-refractivity contribution in [1.29, 1.82) is 0 Å². The van der Waals surface area contributed by atoms with Crippen molar-refractivity contribution < 1.29 is 4.74 Å². The van der Waals surface area contributed by atoms with Crippen molar-refractivity contribution in [2.75, 3.05) is 6.61 Å². The Labute approximate surface area is 101 Å². The lowest BCUT2D eigenvalue weighted by Crippen LogP contribution is -2.52. The van der Waals surface area contributed by atoms with Gasteiger partial charge in [-0.2, -0.15) is 12.6 Å². The summed E-state index contributed by atoms with van der Waals surface area (Å²) in [5.41, 5.74) is -0.121. The predicted molar refractivity (Wildman–Crippen MR) is 71.8 cm³/mol. The Balaban J connectivity index is 4.56. The summed E-state index contributed by atoms with van der Waals surface area (Å²) >= 11 is 4.69. The van der Waals surface area contributed by atoms with Gasteiger partial charge in [0.25, 0.3) is 0 Å². The second-order valence-corrected chi connectivity index (χ2v) is 7.01. The molecule has 0 N–H and O–H groups in total. The Morgan fingerprint density at radius 1 is 1.00 bits per heavy atom. The minimum atomic E-state index is -0.145. The smallest absolute Gasteiger partial charge is 0.0690 e. The summed E-state index contributed by atoms with van der Waals surface area (Å²) in [4.78, 5) is 0. The van der Waals surface area contributed by atoms with E-state index in [0.717, 1.165) is 13.0 Å². The van der Waals surface area contributed by atoms with Crippen LogP contribution in [0.3, 0.4) is 0 Å². The van der Waals surface area contributed by atoms with Gasteiger partial charge in [0.1, 0.15) is 0 Å². The molecule has 92 valence electrons. The van der Waals surface area contributed by atoms with E-state index in [2.05, 4.69) is 48.5 Å². The molecule has 0 aliphatic heterocycles. The van der Waals surface area contributed by atoms with E-state index in [0.29, 0.717) is 0 Å². The molecule has 0 heterocycles. The largest absolute Gasteiger partial charge is 0.375 e. The van der Waals surface area contributed by atoms with Crippen LogP contribution in [0.4, 0.5) is 0 Å². The molecular formula is C13H28OS. The van der Waals surface area contributed by atoms with Gasteiger partial charge in [0.2, 0.25) is 0 Å². The highest BCUT2D eigenvalue weighted by molar-refractivity contribution is 7.81. The maximum atomic E-state index is 6.01. The van der Waals surface area contributed by atoms with Gasteiger partial charge in [0, 0.05) is 16.8 Å². The fourth-order valence-electron chi connectivity index (χ4n) is 1.39. The third kappa shape index (κ3) is 3.67. The van der Waals surface area contributed by atoms with Crippen molar-refractivity contribution in [3.63, 3.8) is 0 Å². The lowest BCUT2D eigenvalue weighted by atomic mass is 9.68. The van der Waals surface area contributed by atoms with Gasteiger partial charge in [-0.1, -0.05) is 41.0 Å². The van der Waals surface area contributed by atoms with Crippen LogP contribution in [0.15, 0.2) is 0 Å². The molecule has 0 atom stereocenters. The van der Waals surface area contributed by atoms with E-state index in [1.807, 2.05) is 0 Å². The third-order valence-electron chi connectivity index (χ3n) is 4.00. The van der Waals surface area contributed by atoms with Crippen LogP contribution in [0.5, 0.6) is 0 Å². The molecule has 1 nitrogen and oxygen atoms in total. The Kier molecular flexibility index (Phi) is 5.20. The minimum Gasteiger partial charge on any atom is -0.375 e. The topological polar surface area (TPSA) is 9.23 Å². The van der Waals surface area contributed by atoms with Gasteiger partial charge in [-0.25, -0.2) is 0 Å². The van der Waals surface area contributed by atoms with E-state index in [9.17, 15) is 0 Å². The van der Waals surface area contributed by atoms with Crippen LogP contribution in [-0.2, 0) is 4.74 Å². The summed E-state index contributed by atoms with van der Waals surface area (Å²) in [6, 6.07) is 0. The number of thiol groups is 1. The molecule has 0 unspecified atom stereocenters. The molecule has 2 heteroatoms. The SMILES string of the molecule is CCCCOC(C)(C)C(C)(C)C(C)(C)S. The molecule has 0 aromatic rings. The second-order valence-electron chi connectivity index (χ2n) is 5.90. The molecule has 0 fully saturated rings. The van der Waals surface area contributed by atoms with E-state index in [1.165, 1.54) is 6.42 Å². The lowest BCUT2D eigenvalue weighted by molar-refractivity contribution is -0.109. The molecule has 0 aliphatic carbocycles. The maximum Gasteiger partial charge on any atom is 0.0690 e. The number of ether oxygens (including phenoxy) is 1. The quantitative estimate of drug-likeness (QED) is 0.530. The predicted octanol–water partition coefficient (Wildman–Crippen LogP) is 4.32. The van der Waals surface area contributed by atoms with Crippen LogP contribution >= 0.6 is 12.6 Å². The molecule has 0 aliphatic rings. The number of hydrogen-bond donors (Lipinski definition) is 1. The van der Waals surface area contributed by atoms with Crippen LogP contribution in [-0.4, -0.2) is 17.0 Å². The molecule has 0 rings (SSSR count). The molecule has 0 amide bonds. The highest BCUT2D eigenvalue weighted by Gasteiger charge is 2.46. The highest BCUT2D eigenvalue weighted by atomic mass is 32.1. The van der Waals surface area contributed by atoms with Crippen LogP contribution in [0.1, 0.15) is 61.3 Å². The zero-order valence-corrected chi connectivity index (χ0v) is 12.4. The van der Waals surface area contributed by atoms with Gasteiger partial charge in [0.15, 0.2) is 0 Å².